The number of hydrogen-bond acceptors (Lipinski definition) is 9. The maximum Gasteiger partial charge on any atom is 0.328 e. The van der Waals surface area contributed by atoms with Gasteiger partial charge in [0.15, 0.2) is 0 Å². The van der Waals surface area contributed by atoms with Crippen LogP contribution in [0.15, 0.2) is 12.2 Å². The summed E-state index contributed by atoms with van der Waals surface area (Å²) < 4.78 is 19.0. The van der Waals surface area contributed by atoms with Crippen molar-refractivity contribution in [2.75, 3.05) is 37.8 Å². The van der Waals surface area contributed by atoms with E-state index in [0.717, 1.165) is 30.6 Å². The van der Waals surface area contributed by atoms with Crippen molar-refractivity contribution < 1.29 is 34.4 Å². The summed E-state index contributed by atoms with van der Waals surface area (Å²) in [5.74, 6) is -1.25. The summed E-state index contributed by atoms with van der Waals surface area (Å²) >= 11 is 1.12. The summed E-state index contributed by atoms with van der Waals surface area (Å²) in [6.45, 7) is 4.92. The number of ether oxygens (including phenoxy) is 2. The summed E-state index contributed by atoms with van der Waals surface area (Å²) in [5.41, 5.74) is 0. The molecule has 1 saturated heterocycles. The lowest BCUT2D eigenvalue weighted by molar-refractivity contribution is -0.134. The first-order valence-corrected chi connectivity index (χ1v) is 7.73. The maximum atomic E-state index is 9.55. The van der Waals surface area contributed by atoms with Crippen LogP contribution in [0.4, 0.5) is 5.82 Å². The number of hydrogen-bond donors (Lipinski definition) is 3. The third-order valence-corrected chi connectivity index (χ3v) is 3.08. The lowest BCUT2D eigenvalue weighted by atomic mass is 10.4. The predicted molar refractivity (Wildman–Crippen MR) is 84.5 cm³/mol. The number of aliphatic carboxylic acids is 2. The summed E-state index contributed by atoms with van der Waals surface area (Å²) in [5, 5.41) is 24.8. The van der Waals surface area contributed by atoms with Gasteiger partial charge in [-0.25, -0.2) is 9.59 Å². The summed E-state index contributed by atoms with van der Waals surface area (Å²) in [7, 11) is 0. The van der Waals surface area contributed by atoms with Crippen LogP contribution >= 0.6 is 11.7 Å². The number of aliphatic hydroxyl groups is 1. The van der Waals surface area contributed by atoms with Gasteiger partial charge in [0.05, 0.1) is 31.0 Å². The minimum Gasteiger partial charge on any atom is -0.478 e. The van der Waals surface area contributed by atoms with Crippen molar-refractivity contribution in [3.63, 3.8) is 0 Å². The van der Waals surface area contributed by atoms with E-state index in [9.17, 15) is 9.59 Å². The van der Waals surface area contributed by atoms with Crippen molar-refractivity contribution in [3.8, 4) is 5.88 Å². The summed E-state index contributed by atoms with van der Waals surface area (Å²) in [6.07, 6.45) is 0.615. The van der Waals surface area contributed by atoms with Crippen LogP contribution in [0.3, 0.4) is 0 Å². The molecule has 2 rings (SSSR count). The molecule has 2 heterocycles. The fourth-order valence-corrected chi connectivity index (χ4v) is 2.10. The van der Waals surface area contributed by atoms with Crippen LogP contribution in [0.5, 0.6) is 5.88 Å². The van der Waals surface area contributed by atoms with Gasteiger partial charge in [-0.15, -0.1) is 4.37 Å². The van der Waals surface area contributed by atoms with Gasteiger partial charge < -0.3 is 29.7 Å². The Hall–Kier alpha value is -2.24. The Kier molecular flexibility index (Phi) is 8.68. The molecule has 0 spiro atoms. The van der Waals surface area contributed by atoms with Gasteiger partial charge in [-0.1, -0.05) is 0 Å². The van der Waals surface area contributed by atoms with Crippen LogP contribution in [0.1, 0.15) is 6.92 Å². The zero-order valence-corrected chi connectivity index (χ0v) is 13.8. The van der Waals surface area contributed by atoms with Crippen LogP contribution in [-0.4, -0.2) is 75.0 Å². The fourth-order valence-electron chi connectivity index (χ4n) is 1.58. The Bertz CT molecular complexity index is 540. The molecule has 134 valence electrons. The van der Waals surface area contributed by atoms with Gasteiger partial charge in [0.1, 0.15) is 6.61 Å². The van der Waals surface area contributed by atoms with E-state index in [4.69, 9.17) is 24.8 Å². The quantitative estimate of drug-likeness (QED) is 0.585. The molecule has 1 aliphatic heterocycles. The van der Waals surface area contributed by atoms with Gasteiger partial charge in [0.2, 0.25) is 5.82 Å². The first-order valence-electron chi connectivity index (χ1n) is 7.00. The van der Waals surface area contributed by atoms with Crippen LogP contribution in [0.25, 0.3) is 0 Å². The van der Waals surface area contributed by atoms with E-state index in [1.807, 2.05) is 0 Å². The summed E-state index contributed by atoms with van der Waals surface area (Å²) in [6, 6.07) is 0. The zero-order valence-electron chi connectivity index (χ0n) is 13.0. The van der Waals surface area contributed by atoms with Crippen molar-refractivity contribution in [2.24, 2.45) is 0 Å². The van der Waals surface area contributed by atoms with Crippen molar-refractivity contribution in [2.45, 2.75) is 13.0 Å². The topological polar surface area (TPSA) is 142 Å². The van der Waals surface area contributed by atoms with E-state index >= 15 is 0 Å². The molecule has 1 fully saturated rings. The van der Waals surface area contributed by atoms with E-state index in [1.54, 1.807) is 6.92 Å². The zero-order chi connectivity index (χ0) is 17.9. The van der Waals surface area contributed by atoms with Crippen molar-refractivity contribution in [1.82, 2.24) is 8.75 Å². The van der Waals surface area contributed by atoms with Crippen LogP contribution < -0.4 is 9.64 Å². The van der Waals surface area contributed by atoms with Gasteiger partial charge >= 0.3 is 11.9 Å². The number of morpholine rings is 1. The number of aliphatic hydroxyl groups excluding tert-OH is 1. The van der Waals surface area contributed by atoms with E-state index in [1.165, 1.54) is 0 Å². The van der Waals surface area contributed by atoms with Crippen LogP contribution in [0, 0.1) is 0 Å². The first kappa shape index (κ1) is 19.8. The van der Waals surface area contributed by atoms with Crippen LogP contribution in [-0.2, 0) is 14.3 Å². The summed E-state index contributed by atoms with van der Waals surface area (Å²) in [4.78, 5) is 21.2. The molecule has 1 aromatic rings. The molecule has 11 heteroatoms. The van der Waals surface area contributed by atoms with E-state index in [0.29, 0.717) is 31.2 Å². The number of aromatic nitrogens is 2. The molecule has 0 aromatic carbocycles. The molecule has 1 aliphatic rings. The molecule has 0 amide bonds. The molecular weight excluding hydrogens is 342 g/mol. The third-order valence-electron chi connectivity index (χ3n) is 2.58. The Balaban J connectivity index is 0.000000307. The second-order valence-corrected chi connectivity index (χ2v) is 5.19. The fraction of sp³-hybridized carbons (Fsp3) is 0.538. The van der Waals surface area contributed by atoms with Crippen molar-refractivity contribution in [3.05, 3.63) is 12.2 Å². The molecule has 0 bridgehead atoms. The molecule has 1 atom stereocenters. The number of carboxylic acid groups (broad SMARTS) is 2. The predicted octanol–water partition coefficient (Wildman–Crippen LogP) is -0.154. The molecule has 24 heavy (non-hydrogen) atoms. The number of carboxylic acids is 2. The molecule has 10 nitrogen and oxygen atoms in total. The van der Waals surface area contributed by atoms with Crippen LogP contribution in [0.2, 0.25) is 0 Å². The highest BCUT2D eigenvalue weighted by Crippen LogP contribution is 2.26. The smallest absolute Gasteiger partial charge is 0.328 e. The Labute approximate surface area is 142 Å². The van der Waals surface area contributed by atoms with Crippen molar-refractivity contribution in [1.29, 1.82) is 0 Å². The SMILES string of the molecule is CC(O)COc1nsnc1N1CCOCC1.O=C(O)C=CC(=O)O. The molecule has 1 unspecified atom stereocenters. The molecule has 0 saturated carbocycles. The Morgan fingerprint density at radius 1 is 1.29 bits per heavy atom. The standard InChI is InChI=1S/C9H15N3O3S.C4H4O4/c1-7(13)6-15-9-8(10-16-11-9)12-2-4-14-5-3-12;5-3(6)1-2-4(7)8/h7,13H,2-6H2,1H3;1-2H,(H,5,6)(H,7,8). The Morgan fingerprint density at radius 3 is 2.38 bits per heavy atom. The monoisotopic (exact) mass is 361 g/mol. The number of anilines is 1. The van der Waals surface area contributed by atoms with Crippen molar-refractivity contribution >= 4 is 29.5 Å². The minimum absolute atomic E-state index is 0.239. The molecule has 0 radical (unpaired) electrons. The highest BCUT2D eigenvalue weighted by Gasteiger charge is 2.19. The Morgan fingerprint density at radius 2 is 1.88 bits per heavy atom. The van der Waals surface area contributed by atoms with Gasteiger partial charge in [0.25, 0.3) is 5.88 Å². The number of carbonyl (C=O) groups is 2. The molecule has 0 aliphatic carbocycles. The number of rotatable bonds is 6. The second kappa shape index (κ2) is 10.5. The van der Waals surface area contributed by atoms with E-state index in [2.05, 4.69) is 13.6 Å². The lowest BCUT2D eigenvalue weighted by Gasteiger charge is -2.26. The maximum absolute atomic E-state index is 9.55. The van der Waals surface area contributed by atoms with Gasteiger partial charge in [-0.2, -0.15) is 4.37 Å². The normalized spacial score (nSPS) is 15.5. The average molecular weight is 361 g/mol. The lowest BCUT2D eigenvalue weighted by Crippen LogP contribution is -2.36. The average Bonchev–Trinajstić information content (AvgIpc) is 3.01. The number of nitrogens with zero attached hydrogens (tertiary/aromatic N) is 3. The second-order valence-electron chi connectivity index (χ2n) is 4.66. The highest BCUT2D eigenvalue weighted by atomic mass is 32.1. The van der Waals surface area contributed by atoms with E-state index < -0.39 is 18.0 Å². The van der Waals surface area contributed by atoms with Gasteiger partial charge in [-0.3, -0.25) is 0 Å². The van der Waals surface area contributed by atoms with Gasteiger partial charge in [0, 0.05) is 25.2 Å². The third kappa shape index (κ3) is 7.85. The molecule has 1 aromatic heterocycles. The molecular formula is C13H19N3O7S. The minimum atomic E-state index is -1.26. The highest BCUT2D eigenvalue weighted by molar-refractivity contribution is 6.99. The molecule has 3 N–H and O–H groups in total. The van der Waals surface area contributed by atoms with Gasteiger partial charge in [-0.05, 0) is 6.92 Å². The first-order chi connectivity index (χ1) is 11.4. The largest absolute Gasteiger partial charge is 0.478 e. The van der Waals surface area contributed by atoms with E-state index in [-0.39, 0.29) is 6.61 Å².